The molecule has 30 heavy (non-hydrogen) atoms. The summed E-state index contributed by atoms with van der Waals surface area (Å²) in [5.41, 5.74) is 2.29. The monoisotopic (exact) mass is 421 g/mol. The zero-order valence-corrected chi connectivity index (χ0v) is 18.9. The van der Waals surface area contributed by atoms with E-state index in [4.69, 9.17) is 4.74 Å². The summed E-state index contributed by atoms with van der Waals surface area (Å²) in [6, 6.07) is 8.49. The number of hydrogen-bond donors (Lipinski definition) is 4. The Kier molecular flexibility index (Phi) is 10.1. The molecule has 1 aliphatic heterocycles. The third-order valence-electron chi connectivity index (χ3n) is 5.88. The topological polar surface area (TPSA) is 79.5 Å². The lowest BCUT2D eigenvalue weighted by Gasteiger charge is -2.32. The normalized spacial score (nSPS) is 15.6. The number of nitrogens with one attached hydrogen (secondary N) is 4. The molecule has 168 valence electrons. The molecule has 2 rings (SSSR count). The Hall–Kier alpha value is -2.16. The Labute approximate surface area is 180 Å². The molecule has 1 atom stereocenters. The fourth-order valence-corrected chi connectivity index (χ4v) is 3.80. The van der Waals surface area contributed by atoms with Crippen molar-refractivity contribution in [1.82, 2.24) is 10.6 Å². The van der Waals surface area contributed by atoms with Crippen molar-refractivity contribution in [2.45, 2.75) is 19.9 Å². The summed E-state index contributed by atoms with van der Waals surface area (Å²) in [5, 5.41) is 5.59. The zero-order chi connectivity index (χ0) is 21.9. The van der Waals surface area contributed by atoms with Gasteiger partial charge in [-0.3, -0.25) is 9.59 Å². The van der Waals surface area contributed by atoms with Gasteiger partial charge >= 0.3 is 11.8 Å². The molecular weight excluding hydrogens is 382 g/mol. The average molecular weight is 422 g/mol. The van der Waals surface area contributed by atoms with E-state index in [-0.39, 0.29) is 6.04 Å². The lowest BCUT2D eigenvalue weighted by Crippen LogP contribution is -3.15. The van der Waals surface area contributed by atoms with Gasteiger partial charge in [-0.1, -0.05) is 12.1 Å². The Morgan fingerprint density at radius 3 is 2.23 bits per heavy atom. The summed E-state index contributed by atoms with van der Waals surface area (Å²) in [6.45, 7) is 11.2. The van der Waals surface area contributed by atoms with E-state index < -0.39 is 11.8 Å². The van der Waals surface area contributed by atoms with Gasteiger partial charge in [-0.25, -0.2) is 0 Å². The van der Waals surface area contributed by atoms with Crippen LogP contribution in [0.1, 0.15) is 25.5 Å². The number of carbonyl (C=O) groups is 2. The summed E-state index contributed by atoms with van der Waals surface area (Å²) >= 11 is 0. The second-order valence-electron chi connectivity index (χ2n) is 7.98. The molecule has 0 aliphatic carbocycles. The predicted molar refractivity (Wildman–Crippen MR) is 118 cm³/mol. The van der Waals surface area contributed by atoms with Crippen molar-refractivity contribution >= 4 is 17.5 Å². The van der Waals surface area contributed by atoms with Crippen LogP contribution in [0.2, 0.25) is 0 Å². The molecule has 1 aromatic carbocycles. The van der Waals surface area contributed by atoms with Crippen LogP contribution in [-0.2, 0) is 14.3 Å². The molecule has 0 bridgehead atoms. The Morgan fingerprint density at radius 1 is 1.07 bits per heavy atom. The van der Waals surface area contributed by atoms with Crippen LogP contribution in [-0.4, -0.2) is 84.9 Å². The molecule has 1 heterocycles. The number of carbonyl (C=O) groups excluding carboxylic acids is 2. The molecule has 8 nitrogen and oxygen atoms in total. The Balaban J connectivity index is 1.95. The molecule has 1 aromatic rings. The van der Waals surface area contributed by atoms with Crippen molar-refractivity contribution in [3.05, 3.63) is 29.8 Å². The molecule has 0 unspecified atom stereocenters. The third-order valence-corrected chi connectivity index (χ3v) is 5.88. The summed E-state index contributed by atoms with van der Waals surface area (Å²) in [4.78, 5) is 29.4. The summed E-state index contributed by atoms with van der Waals surface area (Å²) < 4.78 is 5.50. The molecular formula is C22H39N5O3+2. The number of benzene rings is 1. The fraction of sp³-hybridized carbons (Fsp3) is 0.636. The molecule has 0 spiro atoms. The van der Waals surface area contributed by atoms with Gasteiger partial charge in [0, 0.05) is 25.3 Å². The Morgan fingerprint density at radius 2 is 1.67 bits per heavy atom. The molecule has 0 aromatic heterocycles. The standard InChI is InChI=1S/C22H37N5O3/c1-5-26(6-2)12-11-23-21(28)22(29)24-17-20(27-13-15-30-16-14-27)18-7-9-19(10-8-18)25(3)4/h7-10,20H,5-6,11-17H2,1-4H3,(H,23,28)(H,24,29)/p+2/t20-/m0/s1. The van der Waals surface area contributed by atoms with Crippen LogP contribution < -0.4 is 25.3 Å². The lowest BCUT2D eigenvalue weighted by atomic mass is 10.0. The van der Waals surface area contributed by atoms with E-state index in [0.29, 0.717) is 26.3 Å². The number of likely N-dealkylation sites (N-methyl/N-ethyl adjacent to an activating group) is 1. The maximum absolute atomic E-state index is 12.3. The number of morpholine rings is 1. The second kappa shape index (κ2) is 12.5. The van der Waals surface area contributed by atoms with E-state index in [1.165, 1.54) is 9.80 Å². The minimum Gasteiger partial charge on any atom is -0.378 e. The zero-order valence-electron chi connectivity index (χ0n) is 18.9. The van der Waals surface area contributed by atoms with Crippen molar-refractivity contribution < 1.29 is 24.1 Å². The van der Waals surface area contributed by atoms with Gasteiger partial charge in [0.1, 0.15) is 19.1 Å². The van der Waals surface area contributed by atoms with Gasteiger partial charge in [-0.05, 0) is 26.0 Å². The number of anilines is 1. The highest BCUT2D eigenvalue weighted by atomic mass is 16.5. The van der Waals surface area contributed by atoms with Crippen molar-refractivity contribution in [2.75, 3.05) is 78.0 Å². The molecule has 1 saturated heterocycles. The molecule has 0 saturated carbocycles. The van der Waals surface area contributed by atoms with Crippen molar-refractivity contribution in [2.24, 2.45) is 0 Å². The first-order valence-electron chi connectivity index (χ1n) is 11.0. The van der Waals surface area contributed by atoms with E-state index in [1.54, 1.807) is 0 Å². The SMILES string of the molecule is CC[NH+](CC)CCNC(=O)C(=O)NC[C@@H](c1ccc(N(C)C)cc1)[NH+]1CCOCC1. The van der Waals surface area contributed by atoms with Gasteiger partial charge in [0.25, 0.3) is 0 Å². The van der Waals surface area contributed by atoms with E-state index in [0.717, 1.165) is 44.0 Å². The highest BCUT2D eigenvalue weighted by Crippen LogP contribution is 2.16. The van der Waals surface area contributed by atoms with Gasteiger partial charge in [0.15, 0.2) is 0 Å². The minimum atomic E-state index is -0.563. The van der Waals surface area contributed by atoms with Gasteiger partial charge in [-0.2, -0.15) is 0 Å². The highest BCUT2D eigenvalue weighted by molar-refractivity contribution is 6.35. The van der Waals surface area contributed by atoms with E-state index >= 15 is 0 Å². The highest BCUT2D eigenvalue weighted by Gasteiger charge is 2.28. The van der Waals surface area contributed by atoms with E-state index in [1.807, 2.05) is 14.1 Å². The molecule has 1 fully saturated rings. The second-order valence-corrected chi connectivity index (χ2v) is 7.98. The van der Waals surface area contributed by atoms with Crippen LogP contribution in [0, 0.1) is 0 Å². The molecule has 1 aliphatic rings. The first-order chi connectivity index (χ1) is 14.5. The fourth-order valence-electron chi connectivity index (χ4n) is 3.80. The van der Waals surface area contributed by atoms with Gasteiger partial charge < -0.3 is 30.1 Å². The van der Waals surface area contributed by atoms with E-state index in [2.05, 4.69) is 53.6 Å². The summed E-state index contributed by atoms with van der Waals surface area (Å²) in [5.74, 6) is -1.12. The maximum atomic E-state index is 12.3. The lowest BCUT2D eigenvalue weighted by molar-refractivity contribution is -0.937. The predicted octanol–water partition coefficient (Wildman–Crippen LogP) is -2.13. The summed E-state index contributed by atoms with van der Waals surface area (Å²) in [6.07, 6.45) is 0. The van der Waals surface area contributed by atoms with Crippen LogP contribution in [0.3, 0.4) is 0 Å². The van der Waals surface area contributed by atoms with Crippen LogP contribution in [0.15, 0.2) is 24.3 Å². The van der Waals surface area contributed by atoms with Crippen molar-refractivity contribution in [3.8, 4) is 0 Å². The summed E-state index contributed by atoms with van der Waals surface area (Å²) in [7, 11) is 4.03. The van der Waals surface area contributed by atoms with Crippen LogP contribution in [0.25, 0.3) is 0 Å². The third kappa shape index (κ3) is 7.27. The first-order valence-corrected chi connectivity index (χ1v) is 11.0. The van der Waals surface area contributed by atoms with Gasteiger partial charge in [0.2, 0.25) is 0 Å². The van der Waals surface area contributed by atoms with Crippen LogP contribution >= 0.6 is 0 Å². The number of rotatable bonds is 10. The van der Waals surface area contributed by atoms with Crippen molar-refractivity contribution in [3.63, 3.8) is 0 Å². The molecule has 2 amide bonds. The number of amides is 2. The number of nitrogens with zero attached hydrogens (tertiary/aromatic N) is 1. The quantitative estimate of drug-likeness (QED) is 0.326. The Bertz CT molecular complexity index is 655. The van der Waals surface area contributed by atoms with Crippen molar-refractivity contribution in [1.29, 1.82) is 0 Å². The number of quaternary nitrogens is 2. The molecule has 8 heteroatoms. The van der Waals surface area contributed by atoms with Crippen LogP contribution in [0.4, 0.5) is 5.69 Å². The smallest absolute Gasteiger partial charge is 0.309 e. The number of hydrogen-bond acceptors (Lipinski definition) is 4. The number of ether oxygens (including phenoxy) is 1. The van der Waals surface area contributed by atoms with Gasteiger partial charge in [0.05, 0.1) is 45.9 Å². The van der Waals surface area contributed by atoms with Gasteiger partial charge in [-0.15, -0.1) is 0 Å². The maximum Gasteiger partial charge on any atom is 0.309 e. The molecule has 0 radical (unpaired) electrons. The largest absolute Gasteiger partial charge is 0.378 e. The average Bonchev–Trinajstić information content (AvgIpc) is 2.77. The first kappa shape index (κ1) is 24.1. The molecule has 4 N–H and O–H groups in total. The van der Waals surface area contributed by atoms with E-state index in [9.17, 15) is 9.59 Å². The van der Waals surface area contributed by atoms with Crippen LogP contribution in [0.5, 0.6) is 0 Å². The minimum absolute atomic E-state index is 0.0852.